The quantitative estimate of drug-likeness (QED) is 0.301. The predicted molar refractivity (Wildman–Crippen MR) is 94.7 cm³/mol. The van der Waals surface area contributed by atoms with E-state index in [-0.39, 0.29) is 13.1 Å². The van der Waals surface area contributed by atoms with Crippen LogP contribution in [0.3, 0.4) is 0 Å². The number of aromatic nitrogens is 4. The summed E-state index contributed by atoms with van der Waals surface area (Å²) in [5.74, 6) is 0. The van der Waals surface area contributed by atoms with Crippen molar-refractivity contribution in [3.8, 4) is 5.69 Å². The molecule has 3 aromatic rings. The fraction of sp³-hybridized carbons (Fsp3) is 0.267. The highest BCUT2D eigenvalue weighted by Gasteiger charge is 2.09. The zero-order valence-electron chi connectivity index (χ0n) is 13.6. The van der Waals surface area contributed by atoms with Gasteiger partial charge in [-0.1, -0.05) is 0 Å². The summed E-state index contributed by atoms with van der Waals surface area (Å²) in [6.07, 6.45) is 5.84. The van der Waals surface area contributed by atoms with Crippen LogP contribution >= 0.6 is 0 Å². The molecule has 11 heteroatoms. The number of nitrogens with zero attached hydrogens (tertiary/aromatic N) is 3. The van der Waals surface area contributed by atoms with Crippen molar-refractivity contribution < 1.29 is 13.0 Å². The topological polar surface area (TPSA) is 139 Å². The van der Waals surface area contributed by atoms with Gasteiger partial charge in [0.05, 0.1) is 17.4 Å². The van der Waals surface area contributed by atoms with Crippen molar-refractivity contribution in [2.45, 2.75) is 19.4 Å². The van der Waals surface area contributed by atoms with Gasteiger partial charge in [0.25, 0.3) is 0 Å². The average Bonchev–Trinajstić information content (AvgIpc) is 3.11. The molecule has 2 heterocycles. The Labute approximate surface area is 148 Å². The standard InChI is InChI=1S/C15H17N5O5S/c21-14-15(22)20(7-2-1-5-17-26(23,24)25)13-9-11(3-4-12(13)18-14)19-8-6-16-10-19/h3-4,6,8-10,17H,1-2,5,7H2,(H,18,21)(H,23,24,25). The highest BCUT2D eigenvalue weighted by atomic mass is 32.2. The van der Waals surface area contributed by atoms with E-state index in [2.05, 4.69) is 9.97 Å². The van der Waals surface area contributed by atoms with Crippen molar-refractivity contribution in [3.63, 3.8) is 0 Å². The second-order valence-electron chi connectivity index (χ2n) is 5.66. The molecule has 0 aliphatic heterocycles. The molecule has 0 radical (unpaired) electrons. The molecule has 0 saturated carbocycles. The van der Waals surface area contributed by atoms with Gasteiger partial charge in [-0.3, -0.25) is 14.1 Å². The van der Waals surface area contributed by atoms with Crippen molar-refractivity contribution in [1.29, 1.82) is 0 Å². The summed E-state index contributed by atoms with van der Waals surface area (Å²) in [6, 6.07) is 5.28. The van der Waals surface area contributed by atoms with Crippen molar-refractivity contribution >= 4 is 21.3 Å². The second-order valence-corrected chi connectivity index (χ2v) is 6.90. The van der Waals surface area contributed by atoms with E-state index in [1.165, 1.54) is 4.57 Å². The van der Waals surface area contributed by atoms with E-state index in [9.17, 15) is 18.0 Å². The first-order valence-corrected chi connectivity index (χ1v) is 9.26. The number of H-pyrrole nitrogens is 1. The van der Waals surface area contributed by atoms with Gasteiger partial charge in [0.2, 0.25) is 0 Å². The molecular weight excluding hydrogens is 362 g/mol. The first-order chi connectivity index (χ1) is 12.3. The molecular formula is C15H17N5O5S. The minimum atomic E-state index is -4.23. The number of imidazole rings is 1. The van der Waals surface area contributed by atoms with Crippen LogP contribution in [0.2, 0.25) is 0 Å². The van der Waals surface area contributed by atoms with Crippen LogP contribution in [-0.4, -0.2) is 38.6 Å². The minimum Gasteiger partial charge on any atom is -0.316 e. The summed E-state index contributed by atoms with van der Waals surface area (Å²) in [5, 5.41) is 0. The van der Waals surface area contributed by atoms with E-state index < -0.39 is 21.4 Å². The SMILES string of the molecule is O=c1[nH]c2ccc(-n3ccnc3)cc2n(CCCCNS(=O)(=O)O)c1=O. The van der Waals surface area contributed by atoms with Crippen LogP contribution in [0.15, 0.2) is 46.5 Å². The van der Waals surface area contributed by atoms with Crippen molar-refractivity contribution in [3.05, 3.63) is 57.6 Å². The van der Waals surface area contributed by atoms with Crippen LogP contribution < -0.4 is 15.8 Å². The molecule has 138 valence electrons. The number of nitrogens with one attached hydrogen (secondary N) is 2. The lowest BCUT2D eigenvalue weighted by Gasteiger charge is -2.11. The molecule has 10 nitrogen and oxygen atoms in total. The number of fused-ring (bicyclic) bond motifs is 1. The Kier molecular flexibility index (Phi) is 5.02. The molecule has 0 bridgehead atoms. The molecule has 3 rings (SSSR count). The first-order valence-electron chi connectivity index (χ1n) is 7.82. The smallest absolute Gasteiger partial charge is 0.316 e. The third kappa shape index (κ3) is 4.07. The Bertz CT molecular complexity index is 1130. The first kappa shape index (κ1) is 18.0. The molecule has 3 N–H and O–H groups in total. The van der Waals surface area contributed by atoms with E-state index in [1.54, 1.807) is 41.5 Å². The van der Waals surface area contributed by atoms with Crippen LogP contribution in [-0.2, 0) is 16.8 Å². The van der Waals surface area contributed by atoms with Gasteiger partial charge in [-0.05, 0) is 31.0 Å². The molecule has 0 amide bonds. The third-order valence-corrected chi connectivity index (χ3v) is 4.42. The largest absolute Gasteiger partial charge is 0.333 e. The monoisotopic (exact) mass is 379 g/mol. The number of rotatable bonds is 7. The predicted octanol–water partition coefficient (Wildman–Crippen LogP) is 0.0481. The van der Waals surface area contributed by atoms with Crippen LogP contribution in [0.5, 0.6) is 0 Å². The van der Waals surface area contributed by atoms with Gasteiger partial charge in [-0.15, -0.1) is 0 Å². The van der Waals surface area contributed by atoms with E-state index in [1.807, 2.05) is 4.72 Å². The van der Waals surface area contributed by atoms with Gasteiger partial charge in [-0.25, -0.2) is 4.98 Å². The highest BCUT2D eigenvalue weighted by molar-refractivity contribution is 7.83. The normalized spacial score (nSPS) is 11.9. The number of hydrogen-bond donors (Lipinski definition) is 3. The molecule has 1 aromatic carbocycles. The van der Waals surface area contributed by atoms with E-state index >= 15 is 0 Å². The number of aromatic amines is 1. The number of aryl methyl sites for hydroxylation is 1. The van der Waals surface area contributed by atoms with E-state index in [4.69, 9.17) is 4.55 Å². The fourth-order valence-electron chi connectivity index (χ4n) is 2.65. The summed E-state index contributed by atoms with van der Waals surface area (Å²) >= 11 is 0. The Morgan fingerprint density at radius 1 is 1.23 bits per heavy atom. The lowest BCUT2D eigenvalue weighted by atomic mass is 10.2. The fourth-order valence-corrected chi connectivity index (χ4v) is 3.05. The van der Waals surface area contributed by atoms with Crippen molar-refractivity contribution in [2.24, 2.45) is 0 Å². The van der Waals surface area contributed by atoms with Gasteiger partial charge < -0.3 is 14.1 Å². The number of unbranched alkanes of at least 4 members (excludes halogenated alkanes) is 1. The molecule has 0 aliphatic carbocycles. The summed E-state index contributed by atoms with van der Waals surface area (Å²) in [4.78, 5) is 30.6. The minimum absolute atomic E-state index is 0.0367. The van der Waals surface area contributed by atoms with Crippen molar-refractivity contribution in [1.82, 2.24) is 23.8 Å². The molecule has 0 aliphatic rings. The van der Waals surface area contributed by atoms with Crippen LogP contribution in [0.25, 0.3) is 16.7 Å². The molecule has 26 heavy (non-hydrogen) atoms. The molecule has 0 saturated heterocycles. The Morgan fingerprint density at radius 2 is 2.04 bits per heavy atom. The number of benzene rings is 1. The zero-order chi connectivity index (χ0) is 18.7. The Hall–Kier alpha value is -2.76. The van der Waals surface area contributed by atoms with Gasteiger partial charge in [0.1, 0.15) is 0 Å². The Morgan fingerprint density at radius 3 is 2.73 bits per heavy atom. The molecule has 0 spiro atoms. The van der Waals surface area contributed by atoms with Gasteiger partial charge in [0, 0.05) is 31.2 Å². The summed E-state index contributed by atoms with van der Waals surface area (Å²) < 4.78 is 35.0. The zero-order valence-corrected chi connectivity index (χ0v) is 14.4. The summed E-state index contributed by atoms with van der Waals surface area (Å²) in [5.41, 5.74) is 0.466. The molecule has 0 fully saturated rings. The maximum atomic E-state index is 12.3. The highest BCUT2D eigenvalue weighted by Crippen LogP contribution is 2.15. The molecule has 0 unspecified atom stereocenters. The molecule has 0 atom stereocenters. The van der Waals surface area contributed by atoms with Crippen molar-refractivity contribution in [2.75, 3.05) is 6.54 Å². The van der Waals surface area contributed by atoms with Crippen LogP contribution in [0.1, 0.15) is 12.8 Å². The second kappa shape index (κ2) is 7.23. The lowest BCUT2D eigenvalue weighted by molar-refractivity contribution is 0.464. The summed E-state index contributed by atoms with van der Waals surface area (Å²) in [7, 11) is -4.23. The van der Waals surface area contributed by atoms with Crippen LogP contribution in [0.4, 0.5) is 0 Å². The van der Waals surface area contributed by atoms with Gasteiger partial charge in [0.15, 0.2) is 0 Å². The Balaban J connectivity index is 1.89. The maximum absolute atomic E-state index is 12.3. The van der Waals surface area contributed by atoms with E-state index in [0.29, 0.717) is 23.9 Å². The summed E-state index contributed by atoms with van der Waals surface area (Å²) in [6.45, 7) is 0.273. The maximum Gasteiger partial charge on any atom is 0.333 e. The van der Waals surface area contributed by atoms with Gasteiger partial charge >= 0.3 is 21.4 Å². The molecule has 2 aromatic heterocycles. The number of hydrogen-bond acceptors (Lipinski definition) is 5. The van der Waals surface area contributed by atoms with E-state index in [0.717, 1.165) is 5.69 Å². The van der Waals surface area contributed by atoms with Crippen LogP contribution in [0, 0.1) is 0 Å². The lowest BCUT2D eigenvalue weighted by Crippen LogP contribution is -2.36. The average molecular weight is 379 g/mol. The third-order valence-electron chi connectivity index (χ3n) is 3.86. The van der Waals surface area contributed by atoms with Gasteiger partial charge in [-0.2, -0.15) is 13.1 Å².